The molecule has 0 aliphatic heterocycles. The number of rotatable bonds is 6. The number of thioether (sulfide) groups is 1. The molecule has 0 aliphatic carbocycles. The van der Waals surface area contributed by atoms with Gasteiger partial charge in [0, 0.05) is 11.3 Å². The Kier molecular flexibility index (Phi) is 5.84. The molecule has 2 aromatic carbocycles. The molecule has 146 valence electrons. The van der Waals surface area contributed by atoms with E-state index in [0.29, 0.717) is 22.2 Å². The van der Waals surface area contributed by atoms with Crippen molar-refractivity contribution in [3.05, 3.63) is 53.8 Å². The van der Waals surface area contributed by atoms with Gasteiger partial charge in [-0.25, -0.2) is 9.07 Å². The second-order valence-corrected chi connectivity index (χ2v) is 7.43. The molecule has 7 nitrogen and oxygen atoms in total. The summed E-state index contributed by atoms with van der Waals surface area (Å²) in [6, 6.07) is 11.8. The first-order valence-electron chi connectivity index (χ1n) is 8.47. The number of halogens is 1. The van der Waals surface area contributed by atoms with Crippen LogP contribution in [0.25, 0.3) is 11.4 Å². The predicted molar refractivity (Wildman–Crippen MR) is 107 cm³/mol. The van der Waals surface area contributed by atoms with Crippen LogP contribution in [0, 0.1) is 12.7 Å². The molecule has 0 bridgehead atoms. The van der Waals surface area contributed by atoms with E-state index in [1.165, 1.54) is 10.7 Å². The van der Waals surface area contributed by atoms with E-state index in [-0.39, 0.29) is 11.7 Å². The van der Waals surface area contributed by atoms with Gasteiger partial charge < -0.3 is 15.9 Å². The number of nitrogens with two attached hydrogens (primary N) is 1. The number of methoxy groups -OCH3 is 1. The summed E-state index contributed by atoms with van der Waals surface area (Å²) in [5.74, 6) is 6.63. The molecule has 0 saturated carbocycles. The molecule has 1 atom stereocenters. The van der Waals surface area contributed by atoms with Crippen LogP contribution in [-0.2, 0) is 4.79 Å². The number of nitrogens with zero attached hydrogens (tertiary/aromatic N) is 3. The summed E-state index contributed by atoms with van der Waals surface area (Å²) in [6.07, 6.45) is 0. The van der Waals surface area contributed by atoms with Gasteiger partial charge in [-0.3, -0.25) is 4.79 Å². The SMILES string of the molecule is COc1ccc(-c2nnc(SC(C)C(=O)Nc3ccc(C)c(F)c3)n2N)cc1. The van der Waals surface area contributed by atoms with Gasteiger partial charge in [-0.15, -0.1) is 10.2 Å². The van der Waals surface area contributed by atoms with Crippen LogP contribution < -0.4 is 15.9 Å². The largest absolute Gasteiger partial charge is 0.497 e. The first kappa shape index (κ1) is 19.7. The molecule has 28 heavy (non-hydrogen) atoms. The molecule has 3 N–H and O–H groups in total. The average molecular weight is 401 g/mol. The summed E-state index contributed by atoms with van der Waals surface area (Å²) in [7, 11) is 1.59. The zero-order chi connectivity index (χ0) is 20.3. The van der Waals surface area contributed by atoms with Crippen LogP contribution in [0.4, 0.5) is 10.1 Å². The molecular formula is C19H20FN5O2S. The second-order valence-electron chi connectivity index (χ2n) is 6.12. The van der Waals surface area contributed by atoms with E-state index in [9.17, 15) is 9.18 Å². The Bertz CT molecular complexity index is 990. The van der Waals surface area contributed by atoms with Gasteiger partial charge in [0.2, 0.25) is 11.1 Å². The Morgan fingerprint density at radius 3 is 2.61 bits per heavy atom. The third-order valence-corrected chi connectivity index (χ3v) is 5.16. The molecule has 3 aromatic rings. The minimum absolute atomic E-state index is 0.290. The van der Waals surface area contributed by atoms with Crippen molar-refractivity contribution in [2.45, 2.75) is 24.3 Å². The summed E-state index contributed by atoms with van der Waals surface area (Å²) in [6.45, 7) is 3.38. The molecule has 0 saturated heterocycles. The van der Waals surface area contributed by atoms with Gasteiger partial charge in [-0.05, 0) is 55.8 Å². The quantitative estimate of drug-likeness (QED) is 0.486. The van der Waals surface area contributed by atoms with Crippen LogP contribution >= 0.6 is 11.8 Å². The number of aryl methyl sites for hydroxylation is 1. The number of benzene rings is 2. The standard InChI is InChI=1S/C19H20FN5O2S/c1-11-4-7-14(10-16(11)20)22-18(26)12(2)28-19-24-23-17(25(19)21)13-5-8-15(27-3)9-6-13/h4-10,12H,21H2,1-3H3,(H,22,26). The van der Waals surface area contributed by atoms with E-state index in [0.717, 1.165) is 23.1 Å². The zero-order valence-electron chi connectivity index (χ0n) is 15.6. The smallest absolute Gasteiger partial charge is 0.237 e. The van der Waals surface area contributed by atoms with Gasteiger partial charge >= 0.3 is 0 Å². The fourth-order valence-electron chi connectivity index (χ4n) is 2.42. The van der Waals surface area contributed by atoms with Crippen molar-refractivity contribution in [2.24, 2.45) is 0 Å². The highest BCUT2D eigenvalue weighted by Crippen LogP contribution is 2.26. The maximum atomic E-state index is 13.6. The fourth-order valence-corrected chi connectivity index (χ4v) is 3.19. The van der Waals surface area contributed by atoms with Crippen molar-refractivity contribution >= 4 is 23.4 Å². The van der Waals surface area contributed by atoms with Gasteiger partial charge in [0.05, 0.1) is 12.4 Å². The van der Waals surface area contributed by atoms with E-state index in [1.807, 2.05) is 12.1 Å². The first-order chi connectivity index (χ1) is 13.4. The maximum Gasteiger partial charge on any atom is 0.237 e. The van der Waals surface area contributed by atoms with Crippen LogP contribution in [0.5, 0.6) is 5.75 Å². The number of anilines is 1. The molecule has 1 aromatic heterocycles. The zero-order valence-corrected chi connectivity index (χ0v) is 16.5. The van der Waals surface area contributed by atoms with Crippen LogP contribution in [0.3, 0.4) is 0 Å². The van der Waals surface area contributed by atoms with Gasteiger partial charge in [-0.2, -0.15) is 0 Å². The molecule has 1 amide bonds. The number of nitrogen functional groups attached to an aromatic ring is 1. The molecule has 9 heteroatoms. The van der Waals surface area contributed by atoms with E-state index in [1.54, 1.807) is 45.2 Å². The lowest BCUT2D eigenvalue weighted by Gasteiger charge is -2.12. The van der Waals surface area contributed by atoms with Crippen LogP contribution in [0.1, 0.15) is 12.5 Å². The van der Waals surface area contributed by atoms with E-state index < -0.39 is 5.25 Å². The lowest BCUT2D eigenvalue weighted by Crippen LogP contribution is -2.23. The molecule has 0 aliphatic rings. The number of carbonyl (C=O) groups is 1. The maximum absolute atomic E-state index is 13.6. The minimum atomic E-state index is -0.514. The van der Waals surface area contributed by atoms with Crippen molar-refractivity contribution in [3.63, 3.8) is 0 Å². The molecule has 3 rings (SSSR count). The number of nitrogens with one attached hydrogen (secondary N) is 1. The van der Waals surface area contributed by atoms with Gasteiger partial charge in [-0.1, -0.05) is 17.8 Å². The van der Waals surface area contributed by atoms with Crippen molar-refractivity contribution in [1.29, 1.82) is 0 Å². The predicted octanol–water partition coefficient (Wildman–Crippen LogP) is 3.23. The highest BCUT2D eigenvalue weighted by atomic mass is 32.2. The van der Waals surface area contributed by atoms with Gasteiger partial charge in [0.25, 0.3) is 0 Å². The van der Waals surface area contributed by atoms with Gasteiger partial charge in [0.15, 0.2) is 5.82 Å². The third kappa shape index (κ3) is 4.25. The Hall–Kier alpha value is -3.07. The van der Waals surface area contributed by atoms with Crippen LogP contribution in [0.15, 0.2) is 47.6 Å². The molecule has 1 heterocycles. The Morgan fingerprint density at radius 2 is 1.96 bits per heavy atom. The lowest BCUT2D eigenvalue weighted by atomic mass is 10.2. The number of hydrogen-bond donors (Lipinski definition) is 2. The fraction of sp³-hybridized carbons (Fsp3) is 0.211. The Labute approximate surface area is 166 Å². The van der Waals surface area contributed by atoms with Crippen molar-refractivity contribution < 1.29 is 13.9 Å². The monoisotopic (exact) mass is 401 g/mol. The summed E-state index contributed by atoms with van der Waals surface area (Å²) >= 11 is 1.16. The molecule has 0 radical (unpaired) electrons. The third-order valence-electron chi connectivity index (χ3n) is 4.10. The Balaban J connectivity index is 1.69. The van der Waals surface area contributed by atoms with E-state index in [2.05, 4.69) is 15.5 Å². The lowest BCUT2D eigenvalue weighted by molar-refractivity contribution is -0.115. The molecule has 1 unspecified atom stereocenters. The van der Waals surface area contributed by atoms with Crippen molar-refractivity contribution in [2.75, 3.05) is 18.3 Å². The Morgan fingerprint density at radius 1 is 1.25 bits per heavy atom. The highest BCUT2D eigenvalue weighted by Gasteiger charge is 2.20. The number of aromatic nitrogens is 3. The molecular weight excluding hydrogens is 381 g/mol. The van der Waals surface area contributed by atoms with Crippen LogP contribution in [-0.4, -0.2) is 33.1 Å². The number of amides is 1. The first-order valence-corrected chi connectivity index (χ1v) is 9.35. The van der Waals surface area contributed by atoms with Crippen molar-refractivity contribution in [3.8, 4) is 17.1 Å². The number of ether oxygens (including phenoxy) is 1. The summed E-state index contributed by atoms with van der Waals surface area (Å²) in [5.41, 5.74) is 1.69. The summed E-state index contributed by atoms with van der Waals surface area (Å²) < 4.78 is 20.1. The molecule has 0 spiro atoms. The van der Waals surface area contributed by atoms with Gasteiger partial charge in [0.1, 0.15) is 11.6 Å². The number of carbonyl (C=O) groups excluding carboxylic acids is 1. The van der Waals surface area contributed by atoms with Crippen molar-refractivity contribution in [1.82, 2.24) is 14.9 Å². The topological polar surface area (TPSA) is 95.1 Å². The molecule has 0 fully saturated rings. The average Bonchev–Trinajstić information content (AvgIpc) is 3.05. The summed E-state index contributed by atoms with van der Waals surface area (Å²) in [4.78, 5) is 12.4. The van der Waals surface area contributed by atoms with E-state index >= 15 is 0 Å². The number of hydrogen-bond acceptors (Lipinski definition) is 6. The normalized spacial score (nSPS) is 11.9. The minimum Gasteiger partial charge on any atom is -0.497 e. The summed E-state index contributed by atoms with van der Waals surface area (Å²) in [5, 5.41) is 10.7. The van der Waals surface area contributed by atoms with Crippen LogP contribution in [0.2, 0.25) is 0 Å². The highest BCUT2D eigenvalue weighted by molar-refractivity contribution is 8.00. The van der Waals surface area contributed by atoms with E-state index in [4.69, 9.17) is 10.6 Å². The second kappa shape index (κ2) is 8.30.